The van der Waals surface area contributed by atoms with Gasteiger partial charge in [-0.2, -0.15) is 4.98 Å². The fourth-order valence-corrected chi connectivity index (χ4v) is 1.26. The molecule has 6 nitrogen and oxygen atoms in total. The molecule has 0 bridgehead atoms. The molecule has 98 valence electrons. The molecule has 0 atom stereocenters. The van der Waals surface area contributed by atoms with Gasteiger partial charge in [0, 0.05) is 13.2 Å². The van der Waals surface area contributed by atoms with E-state index in [-0.39, 0.29) is 0 Å². The minimum atomic E-state index is -0.564. The number of hydrogen-bond acceptors (Lipinski definition) is 6. The highest BCUT2D eigenvalue weighted by molar-refractivity contribution is 4.98. The van der Waals surface area contributed by atoms with Gasteiger partial charge in [0.25, 0.3) is 0 Å². The highest BCUT2D eigenvalue weighted by atomic mass is 16.5. The Morgan fingerprint density at radius 2 is 2.18 bits per heavy atom. The fraction of sp³-hybridized carbons (Fsp3) is 0.818. The van der Waals surface area contributed by atoms with Crippen molar-refractivity contribution < 1.29 is 9.26 Å². The highest BCUT2D eigenvalue weighted by Crippen LogP contribution is 2.13. The molecule has 0 radical (unpaired) electrons. The minimum Gasteiger partial charge on any atom is -0.380 e. The molecular formula is C11H22N4O2. The van der Waals surface area contributed by atoms with E-state index in [9.17, 15) is 0 Å². The molecule has 1 rings (SSSR count). The summed E-state index contributed by atoms with van der Waals surface area (Å²) in [5, 5.41) is 3.87. The molecule has 1 heterocycles. The van der Waals surface area contributed by atoms with E-state index in [4.69, 9.17) is 15.0 Å². The predicted molar refractivity (Wildman–Crippen MR) is 64.3 cm³/mol. The summed E-state index contributed by atoms with van der Waals surface area (Å²) in [7, 11) is 1.98. The largest absolute Gasteiger partial charge is 0.380 e. The Balaban J connectivity index is 2.43. The van der Waals surface area contributed by atoms with E-state index in [2.05, 4.69) is 15.0 Å². The molecular weight excluding hydrogens is 220 g/mol. The molecule has 0 aliphatic carbocycles. The van der Waals surface area contributed by atoms with Crippen LogP contribution in [-0.4, -0.2) is 41.8 Å². The first kappa shape index (κ1) is 14.1. The highest BCUT2D eigenvalue weighted by Gasteiger charge is 2.21. The van der Waals surface area contributed by atoms with Gasteiger partial charge in [0.05, 0.1) is 18.7 Å². The van der Waals surface area contributed by atoms with Crippen molar-refractivity contribution >= 4 is 0 Å². The van der Waals surface area contributed by atoms with E-state index in [0.717, 1.165) is 13.2 Å². The second kappa shape index (κ2) is 6.09. The van der Waals surface area contributed by atoms with Gasteiger partial charge in [-0.15, -0.1) is 0 Å². The van der Waals surface area contributed by atoms with Gasteiger partial charge in [0.2, 0.25) is 5.89 Å². The summed E-state index contributed by atoms with van der Waals surface area (Å²) < 4.78 is 10.4. The maximum absolute atomic E-state index is 5.88. The van der Waals surface area contributed by atoms with Crippen LogP contribution in [0, 0.1) is 0 Å². The summed E-state index contributed by atoms with van der Waals surface area (Å²) >= 11 is 0. The normalized spacial score (nSPS) is 12.4. The minimum absolute atomic E-state index is 0.533. The predicted octanol–water partition coefficient (Wildman–Crippen LogP) is 0.732. The molecule has 0 amide bonds. The zero-order valence-corrected chi connectivity index (χ0v) is 11.1. The van der Waals surface area contributed by atoms with Gasteiger partial charge in [-0.05, 0) is 27.8 Å². The van der Waals surface area contributed by atoms with Crippen LogP contribution in [0.4, 0.5) is 0 Å². The van der Waals surface area contributed by atoms with Crippen LogP contribution in [-0.2, 0) is 16.8 Å². The van der Waals surface area contributed by atoms with Crippen LogP contribution in [0.25, 0.3) is 0 Å². The van der Waals surface area contributed by atoms with Crippen molar-refractivity contribution in [3.05, 3.63) is 11.7 Å². The van der Waals surface area contributed by atoms with Crippen LogP contribution in [0.5, 0.6) is 0 Å². The Bertz CT molecular complexity index is 332. The van der Waals surface area contributed by atoms with Crippen molar-refractivity contribution in [3.8, 4) is 0 Å². The fourth-order valence-electron chi connectivity index (χ4n) is 1.26. The monoisotopic (exact) mass is 242 g/mol. The van der Waals surface area contributed by atoms with Crippen LogP contribution in [0.15, 0.2) is 4.52 Å². The number of nitrogens with zero attached hydrogens (tertiary/aromatic N) is 3. The summed E-state index contributed by atoms with van der Waals surface area (Å²) in [6.45, 7) is 8.55. The Kier molecular flexibility index (Phi) is 5.04. The van der Waals surface area contributed by atoms with Gasteiger partial charge in [0.1, 0.15) is 0 Å². The number of hydrogen-bond donors (Lipinski definition) is 1. The van der Waals surface area contributed by atoms with Gasteiger partial charge in [-0.1, -0.05) is 5.16 Å². The lowest BCUT2D eigenvalue weighted by atomic mass is 10.1. The molecule has 0 unspecified atom stereocenters. The summed E-state index contributed by atoms with van der Waals surface area (Å²) in [6.07, 6.45) is 0. The molecule has 1 aromatic rings. The van der Waals surface area contributed by atoms with E-state index in [1.165, 1.54) is 0 Å². The van der Waals surface area contributed by atoms with Crippen LogP contribution in [0.1, 0.15) is 32.5 Å². The summed E-state index contributed by atoms with van der Waals surface area (Å²) in [6, 6.07) is 0. The Hall–Kier alpha value is -0.980. The topological polar surface area (TPSA) is 77.4 Å². The van der Waals surface area contributed by atoms with E-state index >= 15 is 0 Å². The standard InChI is InChI=1S/C11H22N4O2/c1-5-16-7-6-15(4)8-9-13-10(14-17-9)11(2,3)12/h5-8,12H2,1-4H3. The molecule has 1 aromatic heterocycles. The first-order chi connectivity index (χ1) is 7.93. The average molecular weight is 242 g/mol. The zero-order valence-electron chi connectivity index (χ0n) is 11.1. The molecule has 0 aliphatic rings. The van der Waals surface area contributed by atoms with Crippen molar-refractivity contribution in [2.45, 2.75) is 32.9 Å². The quantitative estimate of drug-likeness (QED) is 0.710. The molecule has 0 saturated carbocycles. The second-order valence-corrected chi connectivity index (χ2v) is 4.67. The van der Waals surface area contributed by atoms with Crippen molar-refractivity contribution in [3.63, 3.8) is 0 Å². The molecule has 6 heteroatoms. The first-order valence-corrected chi connectivity index (χ1v) is 5.81. The number of likely N-dealkylation sites (N-methyl/N-ethyl adjacent to an activating group) is 1. The Morgan fingerprint density at radius 1 is 1.47 bits per heavy atom. The molecule has 0 aromatic carbocycles. The molecule has 0 spiro atoms. The average Bonchev–Trinajstić information content (AvgIpc) is 2.66. The van der Waals surface area contributed by atoms with Gasteiger partial charge in [-0.3, -0.25) is 4.90 Å². The number of nitrogens with two attached hydrogens (primary N) is 1. The van der Waals surface area contributed by atoms with Crippen molar-refractivity contribution in [1.82, 2.24) is 15.0 Å². The number of aromatic nitrogens is 2. The van der Waals surface area contributed by atoms with Gasteiger partial charge >= 0.3 is 0 Å². The summed E-state index contributed by atoms with van der Waals surface area (Å²) in [5.41, 5.74) is 5.32. The SMILES string of the molecule is CCOCCN(C)Cc1nc(C(C)(C)N)no1. The lowest BCUT2D eigenvalue weighted by molar-refractivity contribution is 0.116. The lowest BCUT2D eigenvalue weighted by Gasteiger charge is -2.13. The third-order valence-electron chi connectivity index (χ3n) is 2.27. The van der Waals surface area contributed by atoms with Gasteiger partial charge in [-0.25, -0.2) is 0 Å². The van der Waals surface area contributed by atoms with E-state index in [0.29, 0.717) is 24.9 Å². The second-order valence-electron chi connectivity index (χ2n) is 4.67. The number of rotatable bonds is 7. The molecule has 0 fully saturated rings. The maximum atomic E-state index is 5.88. The molecule has 17 heavy (non-hydrogen) atoms. The van der Waals surface area contributed by atoms with Crippen molar-refractivity contribution in [1.29, 1.82) is 0 Å². The van der Waals surface area contributed by atoms with E-state index in [1.807, 2.05) is 27.8 Å². The molecule has 0 saturated heterocycles. The van der Waals surface area contributed by atoms with Crippen molar-refractivity contribution in [2.24, 2.45) is 5.73 Å². The summed E-state index contributed by atoms with van der Waals surface area (Å²) in [5.74, 6) is 1.11. The smallest absolute Gasteiger partial charge is 0.240 e. The summed E-state index contributed by atoms with van der Waals surface area (Å²) in [4.78, 5) is 6.33. The Morgan fingerprint density at radius 3 is 2.71 bits per heavy atom. The first-order valence-electron chi connectivity index (χ1n) is 5.81. The van der Waals surface area contributed by atoms with E-state index in [1.54, 1.807) is 0 Å². The van der Waals surface area contributed by atoms with Crippen LogP contribution < -0.4 is 5.73 Å². The van der Waals surface area contributed by atoms with Gasteiger partial charge < -0.3 is 15.0 Å². The third-order valence-corrected chi connectivity index (χ3v) is 2.27. The van der Waals surface area contributed by atoms with E-state index < -0.39 is 5.54 Å². The lowest BCUT2D eigenvalue weighted by Crippen LogP contribution is -2.30. The van der Waals surface area contributed by atoms with Gasteiger partial charge in [0.15, 0.2) is 5.82 Å². The molecule has 2 N–H and O–H groups in total. The third kappa shape index (κ3) is 4.80. The Labute approximate surface area is 102 Å². The maximum Gasteiger partial charge on any atom is 0.240 e. The van der Waals surface area contributed by atoms with Crippen molar-refractivity contribution in [2.75, 3.05) is 26.8 Å². The van der Waals surface area contributed by atoms with Crippen LogP contribution in [0.2, 0.25) is 0 Å². The zero-order chi connectivity index (χ0) is 12.9. The molecule has 0 aliphatic heterocycles. The van der Waals surface area contributed by atoms with Crippen LogP contribution >= 0.6 is 0 Å². The number of ether oxygens (including phenoxy) is 1. The van der Waals surface area contributed by atoms with Crippen LogP contribution in [0.3, 0.4) is 0 Å².